The molecule has 1 aliphatic heterocycles. The third-order valence-corrected chi connectivity index (χ3v) is 7.21. The molecule has 0 aromatic rings. The molecule has 5 heteroatoms. The van der Waals surface area contributed by atoms with Crippen molar-refractivity contribution in [1.82, 2.24) is 0 Å². The quantitative estimate of drug-likeness (QED) is 0.461. The van der Waals surface area contributed by atoms with E-state index < -0.39 is 0 Å². The fraction of sp³-hybridized carbons (Fsp3) is 0.615. The second kappa shape index (κ2) is 9.45. The minimum atomic E-state index is 0.132. The first-order valence-electron chi connectivity index (χ1n) is 5.97. The number of thioether (sulfide) groups is 4. The molecule has 1 atom stereocenters. The molecule has 0 aromatic heterocycles. The van der Waals surface area contributed by atoms with Gasteiger partial charge in [0.15, 0.2) is 0 Å². The van der Waals surface area contributed by atoms with Crippen LogP contribution in [0.15, 0.2) is 22.5 Å². The monoisotopic (exact) mass is 320 g/mol. The molecule has 1 unspecified atom stereocenters. The molecule has 0 bridgehead atoms. The fourth-order valence-corrected chi connectivity index (χ4v) is 5.51. The van der Waals surface area contributed by atoms with Crippen LogP contribution in [0.1, 0.15) is 26.7 Å². The second-order valence-corrected chi connectivity index (χ2v) is 9.07. The van der Waals surface area contributed by atoms with Gasteiger partial charge in [0, 0.05) is 16.1 Å². The molecule has 1 rings (SSSR count). The molecule has 0 saturated carbocycles. The van der Waals surface area contributed by atoms with Crippen molar-refractivity contribution >= 4 is 52.2 Å². The summed E-state index contributed by atoms with van der Waals surface area (Å²) < 4.78 is 0. The molecule has 1 nitrogen and oxygen atoms in total. The van der Waals surface area contributed by atoms with Gasteiger partial charge >= 0.3 is 0 Å². The van der Waals surface area contributed by atoms with E-state index in [0.717, 1.165) is 5.75 Å². The minimum absolute atomic E-state index is 0.132. The number of hydrogen-bond donors (Lipinski definition) is 0. The summed E-state index contributed by atoms with van der Waals surface area (Å²) in [5.41, 5.74) is 0.652. The highest BCUT2D eigenvalue weighted by Gasteiger charge is 2.10. The first-order valence-corrected chi connectivity index (χ1v) is 10.0. The highest BCUT2D eigenvalue weighted by atomic mass is 32.2. The van der Waals surface area contributed by atoms with Crippen LogP contribution in [0.2, 0.25) is 0 Å². The van der Waals surface area contributed by atoms with Gasteiger partial charge in [-0.3, -0.25) is 4.79 Å². The second-order valence-electron chi connectivity index (χ2n) is 4.19. The Bertz CT molecular complexity index is 325. The number of allylic oxidation sites excluding steroid dienone is 1. The van der Waals surface area contributed by atoms with Crippen molar-refractivity contribution in [3.05, 3.63) is 22.5 Å². The van der Waals surface area contributed by atoms with Gasteiger partial charge in [0.05, 0.1) is 0 Å². The summed E-state index contributed by atoms with van der Waals surface area (Å²) in [6.07, 6.45) is 2.47. The van der Waals surface area contributed by atoms with Crippen molar-refractivity contribution in [3.8, 4) is 0 Å². The number of hydrogen-bond acceptors (Lipinski definition) is 5. The summed E-state index contributed by atoms with van der Waals surface area (Å²) in [5.74, 6) is 2.24. The van der Waals surface area contributed by atoms with Crippen LogP contribution in [0.3, 0.4) is 0 Å². The predicted molar refractivity (Wildman–Crippen MR) is 91.6 cm³/mol. The molecular weight excluding hydrogens is 300 g/mol. The summed E-state index contributed by atoms with van der Waals surface area (Å²) >= 11 is 7.25. The Balaban J connectivity index is 1.99. The first kappa shape index (κ1) is 16.6. The molecule has 1 aliphatic rings. The Morgan fingerprint density at radius 3 is 3.00 bits per heavy atom. The molecule has 1 heterocycles. The van der Waals surface area contributed by atoms with Crippen LogP contribution in [0.25, 0.3) is 0 Å². The van der Waals surface area contributed by atoms with E-state index in [1.54, 1.807) is 11.8 Å². The molecule has 0 spiro atoms. The van der Waals surface area contributed by atoms with Crippen molar-refractivity contribution in [2.75, 3.05) is 16.6 Å². The van der Waals surface area contributed by atoms with E-state index in [1.807, 2.05) is 35.3 Å². The van der Waals surface area contributed by atoms with Gasteiger partial charge < -0.3 is 0 Å². The molecule has 0 N–H and O–H groups in total. The van der Waals surface area contributed by atoms with Crippen molar-refractivity contribution in [1.29, 1.82) is 0 Å². The Hall–Kier alpha value is 0.550. The summed E-state index contributed by atoms with van der Waals surface area (Å²) in [7, 11) is 0. The lowest BCUT2D eigenvalue weighted by molar-refractivity contribution is -0.107. The maximum absolute atomic E-state index is 11.5. The van der Waals surface area contributed by atoms with Gasteiger partial charge in [-0.25, -0.2) is 0 Å². The molecule has 0 aliphatic carbocycles. The van der Waals surface area contributed by atoms with Crippen LogP contribution in [-0.4, -0.2) is 27.0 Å². The maximum Gasteiger partial charge on any atom is 0.214 e. The Kier molecular flexibility index (Phi) is 8.72. The third kappa shape index (κ3) is 7.22. The Labute approximate surface area is 127 Å². The largest absolute Gasteiger partial charge is 0.282 e. The van der Waals surface area contributed by atoms with Crippen LogP contribution in [0.4, 0.5) is 0 Å². The number of carbonyl (C=O) groups is 1. The van der Waals surface area contributed by atoms with Gasteiger partial charge in [-0.2, -0.15) is 11.8 Å². The average Bonchev–Trinajstić information content (AvgIpc) is 2.81. The van der Waals surface area contributed by atoms with E-state index in [4.69, 9.17) is 0 Å². The van der Waals surface area contributed by atoms with Crippen molar-refractivity contribution in [2.24, 2.45) is 0 Å². The van der Waals surface area contributed by atoms with Crippen LogP contribution >= 0.6 is 47.0 Å². The van der Waals surface area contributed by atoms with Gasteiger partial charge in [-0.05, 0) is 41.4 Å². The lowest BCUT2D eigenvalue weighted by atomic mass is 10.3. The number of carbonyl (C=O) groups excluding carboxylic acids is 1. The summed E-state index contributed by atoms with van der Waals surface area (Å²) in [5, 5.41) is 4.00. The van der Waals surface area contributed by atoms with E-state index in [2.05, 4.69) is 18.9 Å². The summed E-state index contributed by atoms with van der Waals surface area (Å²) in [6, 6.07) is 0. The summed E-state index contributed by atoms with van der Waals surface area (Å²) in [4.78, 5) is 13.0. The normalized spacial score (nSPS) is 16.4. The van der Waals surface area contributed by atoms with E-state index in [1.165, 1.54) is 35.4 Å². The van der Waals surface area contributed by atoms with Crippen LogP contribution in [0.5, 0.6) is 0 Å². The molecule has 0 fully saturated rings. The van der Waals surface area contributed by atoms with E-state index in [0.29, 0.717) is 10.8 Å². The maximum atomic E-state index is 11.5. The zero-order valence-electron chi connectivity index (χ0n) is 10.9. The first-order chi connectivity index (χ1) is 8.59. The Morgan fingerprint density at radius 1 is 1.61 bits per heavy atom. The standard InChI is InChI=1S/C13H20OS4/c1-10(2)13(14)18-11(3)7-15-6-4-5-12-8-16-9-17-12/h8,11H,1,4-7,9H2,2-3H3. The van der Waals surface area contributed by atoms with E-state index in [9.17, 15) is 4.79 Å². The summed E-state index contributed by atoms with van der Waals surface area (Å²) in [6.45, 7) is 7.57. The molecule has 0 radical (unpaired) electrons. The molecule has 0 amide bonds. The highest BCUT2D eigenvalue weighted by Crippen LogP contribution is 2.35. The predicted octanol–water partition coefficient (Wildman–Crippen LogP) is 5.00. The average molecular weight is 321 g/mol. The van der Waals surface area contributed by atoms with Crippen LogP contribution < -0.4 is 0 Å². The van der Waals surface area contributed by atoms with E-state index in [-0.39, 0.29) is 5.12 Å². The van der Waals surface area contributed by atoms with Crippen molar-refractivity contribution in [2.45, 2.75) is 31.9 Å². The van der Waals surface area contributed by atoms with Gasteiger partial charge in [-0.1, -0.05) is 25.3 Å². The van der Waals surface area contributed by atoms with Gasteiger partial charge in [0.2, 0.25) is 5.12 Å². The van der Waals surface area contributed by atoms with Crippen molar-refractivity contribution in [3.63, 3.8) is 0 Å². The van der Waals surface area contributed by atoms with Crippen molar-refractivity contribution < 1.29 is 4.79 Å². The molecule has 102 valence electrons. The molecular formula is C13H20OS4. The Morgan fingerprint density at radius 2 is 2.39 bits per heavy atom. The number of rotatable bonds is 8. The van der Waals surface area contributed by atoms with Gasteiger partial charge in [0.25, 0.3) is 0 Å². The van der Waals surface area contributed by atoms with E-state index >= 15 is 0 Å². The lowest BCUT2D eigenvalue weighted by Gasteiger charge is -2.09. The van der Waals surface area contributed by atoms with Crippen LogP contribution in [-0.2, 0) is 4.79 Å². The fourth-order valence-electron chi connectivity index (χ4n) is 1.32. The minimum Gasteiger partial charge on any atom is -0.282 e. The topological polar surface area (TPSA) is 17.1 Å². The SMILES string of the molecule is C=C(C)C(=O)SC(C)CSCCCC1=CSCS1. The van der Waals surface area contributed by atoms with Gasteiger partial charge in [0.1, 0.15) is 0 Å². The zero-order valence-corrected chi connectivity index (χ0v) is 14.2. The van der Waals surface area contributed by atoms with Crippen LogP contribution in [0, 0.1) is 0 Å². The van der Waals surface area contributed by atoms with Gasteiger partial charge in [-0.15, -0.1) is 23.5 Å². The smallest absolute Gasteiger partial charge is 0.214 e. The highest BCUT2D eigenvalue weighted by molar-refractivity contribution is 8.22. The lowest BCUT2D eigenvalue weighted by Crippen LogP contribution is -2.06. The zero-order chi connectivity index (χ0) is 13.4. The molecule has 18 heavy (non-hydrogen) atoms. The molecule has 0 saturated heterocycles. The molecule has 0 aromatic carbocycles. The third-order valence-electron chi connectivity index (χ3n) is 2.25.